The van der Waals surface area contributed by atoms with Crippen molar-refractivity contribution in [2.24, 2.45) is 0 Å². The van der Waals surface area contributed by atoms with E-state index in [2.05, 4.69) is 304 Å². The third-order valence-electron chi connectivity index (χ3n) is 16.6. The number of hydrogen-bond donors (Lipinski definition) is 0. The highest BCUT2D eigenvalue weighted by atomic mass is 15.2. The van der Waals surface area contributed by atoms with E-state index in [9.17, 15) is 0 Å². The normalized spacial score (nSPS) is 13.8. The minimum atomic E-state index is 0.174. The van der Waals surface area contributed by atoms with Crippen molar-refractivity contribution in [3.8, 4) is 28.2 Å². The van der Waals surface area contributed by atoms with Crippen molar-refractivity contribution >= 4 is 99.8 Å². The minimum Gasteiger partial charge on any atom is -0.333 e. The van der Waals surface area contributed by atoms with Gasteiger partial charge in [-0.05, 0) is 155 Å². The van der Waals surface area contributed by atoms with Crippen LogP contribution in [0, 0.1) is 0 Å². The Morgan fingerprint density at radius 1 is 0.366 bits per heavy atom. The summed E-state index contributed by atoms with van der Waals surface area (Å²) in [5.74, 6) is 0. The Morgan fingerprint density at radius 2 is 0.866 bits per heavy atom. The first-order valence-corrected chi connectivity index (χ1v) is 28.1. The molecular weight excluding hydrogens is 997 g/mol. The van der Waals surface area contributed by atoms with E-state index in [1.807, 2.05) is 12.1 Å². The summed E-state index contributed by atoms with van der Waals surface area (Å²) in [6.07, 6.45) is 5.68. The van der Waals surface area contributed by atoms with E-state index >= 15 is 0 Å². The van der Waals surface area contributed by atoms with E-state index in [0.29, 0.717) is 0 Å². The highest BCUT2D eigenvalue weighted by molar-refractivity contribution is 6.11. The monoisotopic (exact) mass is 1050 g/mol. The Morgan fingerprint density at radius 3 is 1.54 bits per heavy atom. The maximum Gasteiger partial charge on any atom is 0.0973 e. The molecule has 0 bridgehead atoms. The van der Waals surface area contributed by atoms with Gasteiger partial charge in [-0.3, -0.25) is 0 Å². The van der Waals surface area contributed by atoms with Crippen molar-refractivity contribution in [3.05, 3.63) is 309 Å². The van der Waals surface area contributed by atoms with E-state index < -0.39 is 0 Å². The van der Waals surface area contributed by atoms with Gasteiger partial charge >= 0.3 is 0 Å². The van der Waals surface area contributed by atoms with Crippen molar-refractivity contribution in [3.63, 3.8) is 0 Å². The SMILES string of the molecule is C1=C2c3ccccc3N(c3ccc4ccccc4c3)C2CC=C1N(c1ccccc1)c1ccc(-c2nc3ccccc3nc2-c2ccc(N(c3ccccc3)c3ccc4c(c3)c3ccccc3n4-c3ccc4ccccc4c3)cc2)cc1. The molecule has 14 aromatic rings. The summed E-state index contributed by atoms with van der Waals surface area (Å²) in [6, 6.07) is 103. The molecule has 0 saturated carbocycles. The standard InChI is InChI=1S/C76H52N6/c1-3-21-57(22-4-1)79(63-43-45-73-67(49-63)65-25-11-15-29-71(65)81(73)61-41-31-51-17-7-9-19-55(51)47-61)59-37-33-53(34-38-59)75-76(78-70-28-14-13-27-69(70)77-75)54-35-39-60(40-36-54)80(58-23-5-2-6-24-58)64-44-46-74-68(50-64)66-26-12-16-30-72(66)82(74)62-42-32-52-18-8-10-20-56(52)48-62/h1-45,47-50,74H,46H2. The molecule has 16 rings (SSSR count). The Labute approximate surface area is 475 Å². The van der Waals surface area contributed by atoms with Crippen LogP contribution in [0.25, 0.3) is 88.2 Å². The van der Waals surface area contributed by atoms with E-state index in [-0.39, 0.29) is 6.04 Å². The molecule has 0 fully saturated rings. The summed E-state index contributed by atoms with van der Waals surface area (Å²) in [6.45, 7) is 0. The van der Waals surface area contributed by atoms with Crippen molar-refractivity contribution in [2.75, 3.05) is 14.7 Å². The molecule has 3 heterocycles. The molecule has 6 nitrogen and oxygen atoms in total. The lowest BCUT2D eigenvalue weighted by atomic mass is 9.93. The molecular formula is C76H52N6. The van der Waals surface area contributed by atoms with Gasteiger partial charge in [0.2, 0.25) is 0 Å². The lowest BCUT2D eigenvalue weighted by Gasteiger charge is -2.33. The fourth-order valence-electron chi connectivity index (χ4n) is 12.8. The topological polar surface area (TPSA) is 40.4 Å². The van der Waals surface area contributed by atoms with Gasteiger partial charge in [0.25, 0.3) is 0 Å². The average molecular weight is 1050 g/mol. The van der Waals surface area contributed by atoms with Crippen LogP contribution in [0.2, 0.25) is 0 Å². The Hall–Kier alpha value is -10.8. The number of rotatable bonds is 10. The van der Waals surface area contributed by atoms with Crippen LogP contribution in [0.3, 0.4) is 0 Å². The quantitative estimate of drug-likeness (QED) is 0.136. The number of para-hydroxylation sites is 6. The number of hydrogen-bond acceptors (Lipinski definition) is 5. The molecule has 6 heteroatoms. The van der Waals surface area contributed by atoms with Crippen molar-refractivity contribution < 1.29 is 0 Å². The zero-order chi connectivity index (χ0) is 54.1. The van der Waals surface area contributed by atoms with Crippen molar-refractivity contribution in [2.45, 2.75) is 12.5 Å². The molecule has 1 aliphatic carbocycles. The van der Waals surface area contributed by atoms with Gasteiger partial charge in [0.05, 0.1) is 39.5 Å². The first-order valence-electron chi connectivity index (χ1n) is 28.1. The number of benzene rings is 12. The third-order valence-corrected chi connectivity index (χ3v) is 16.6. The molecule has 0 amide bonds. The zero-order valence-electron chi connectivity index (χ0n) is 44.8. The minimum absolute atomic E-state index is 0.174. The van der Waals surface area contributed by atoms with Gasteiger partial charge in [0.1, 0.15) is 0 Å². The first-order chi connectivity index (χ1) is 40.6. The summed E-state index contributed by atoms with van der Waals surface area (Å²) < 4.78 is 2.40. The molecule has 1 aliphatic heterocycles. The predicted molar refractivity (Wildman–Crippen MR) is 343 cm³/mol. The van der Waals surface area contributed by atoms with Crippen LogP contribution in [0.5, 0.6) is 0 Å². The zero-order valence-corrected chi connectivity index (χ0v) is 44.8. The van der Waals surface area contributed by atoms with E-state index in [1.165, 1.54) is 60.3 Å². The molecule has 0 radical (unpaired) electrons. The second-order valence-electron chi connectivity index (χ2n) is 21.3. The molecule has 1 atom stereocenters. The Bertz CT molecular complexity index is 4850. The molecule has 1 unspecified atom stereocenters. The highest BCUT2D eigenvalue weighted by Gasteiger charge is 2.37. The van der Waals surface area contributed by atoms with Gasteiger partial charge in [-0.15, -0.1) is 0 Å². The molecule has 0 saturated heterocycles. The lowest BCUT2D eigenvalue weighted by molar-refractivity contribution is 0.820. The molecule has 82 heavy (non-hydrogen) atoms. The molecule has 0 spiro atoms. The number of anilines is 7. The van der Waals surface area contributed by atoms with Crippen molar-refractivity contribution in [1.82, 2.24) is 14.5 Å². The number of aromatic nitrogens is 3. The second-order valence-corrected chi connectivity index (χ2v) is 21.3. The maximum absolute atomic E-state index is 5.38. The number of nitrogens with zero attached hydrogens (tertiary/aromatic N) is 6. The summed E-state index contributed by atoms with van der Waals surface area (Å²) in [4.78, 5) is 18.0. The van der Waals surface area contributed by atoms with Gasteiger partial charge in [0.15, 0.2) is 0 Å². The first kappa shape index (κ1) is 47.2. The summed E-state index contributed by atoms with van der Waals surface area (Å²) in [5.41, 5.74) is 20.3. The fraction of sp³-hybridized carbons (Fsp3) is 0.0263. The summed E-state index contributed by atoms with van der Waals surface area (Å²) >= 11 is 0. The number of allylic oxidation sites excluding steroid dienone is 1. The number of fused-ring (bicyclic) bond motifs is 9. The van der Waals surface area contributed by atoms with E-state index in [4.69, 9.17) is 9.97 Å². The smallest absolute Gasteiger partial charge is 0.0973 e. The predicted octanol–water partition coefficient (Wildman–Crippen LogP) is 19.9. The Balaban J connectivity index is 0.755. The van der Waals surface area contributed by atoms with Crippen LogP contribution in [0.1, 0.15) is 12.0 Å². The van der Waals surface area contributed by atoms with Gasteiger partial charge < -0.3 is 19.3 Å². The molecule has 386 valence electrons. The van der Waals surface area contributed by atoms with Gasteiger partial charge in [0, 0.05) is 78.7 Å². The van der Waals surface area contributed by atoms with Crippen molar-refractivity contribution in [1.29, 1.82) is 0 Å². The molecule has 0 N–H and O–H groups in total. The average Bonchev–Trinajstić information content (AvgIpc) is 4.24. The van der Waals surface area contributed by atoms with Gasteiger partial charge in [-0.1, -0.05) is 176 Å². The van der Waals surface area contributed by atoms with Crippen LogP contribution in [-0.2, 0) is 0 Å². The lowest BCUT2D eigenvalue weighted by Crippen LogP contribution is -2.29. The summed E-state index contributed by atoms with van der Waals surface area (Å²) in [5, 5.41) is 7.34. The van der Waals surface area contributed by atoms with Gasteiger partial charge in [-0.25, -0.2) is 9.97 Å². The third kappa shape index (κ3) is 8.03. The largest absolute Gasteiger partial charge is 0.333 e. The van der Waals surface area contributed by atoms with Crippen LogP contribution in [0.4, 0.5) is 39.8 Å². The van der Waals surface area contributed by atoms with Crippen LogP contribution >= 0.6 is 0 Å². The van der Waals surface area contributed by atoms with E-state index in [0.717, 1.165) is 85.3 Å². The molecule has 2 aromatic heterocycles. The molecule has 2 aliphatic rings. The fourth-order valence-corrected chi connectivity index (χ4v) is 12.8. The van der Waals surface area contributed by atoms with Crippen LogP contribution in [-0.4, -0.2) is 20.6 Å². The molecule has 12 aromatic carbocycles. The van der Waals surface area contributed by atoms with Gasteiger partial charge in [-0.2, -0.15) is 0 Å². The van der Waals surface area contributed by atoms with Crippen LogP contribution in [0.15, 0.2) is 303 Å². The Kier molecular flexibility index (Phi) is 11.2. The van der Waals surface area contributed by atoms with E-state index in [1.54, 1.807) is 0 Å². The summed E-state index contributed by atoms with van der Waals surface area (Å²) in [7, 11) is 0. The highest BCUT2D eigenvalue weighted by Crippen LogP contribution is 2.50. The maximum atomic E-state index is 5.38. The second kappa shape index (κ2) is 19.5. The van der Waals surface area contributed by atoms with Crippen LogP contribution < -0.4 is 14.7 Å².